The van der Waals surface area contributed by atoms with Crippen molar-refractivity contribution in [2.45, 2.75) is 44.6 Å². The number of nitrogens with zero attached hydrogens (tertiary/aromatic N) is 2. The third kappa shape index (κ3) is 4.55. The molecule has 0 bridgehead atoms. The van der Waals surface area contributed by atoms with Gasteiger partial charge in [-0.05, 0) is 0 Å². The highest BCUT2D eigenvalue weighted by atomic mass is 28.4. The molecule has 0 heterocycles. The van der Waals surface area contributed by atoms with Crippen LogP contribution in [0.4, 0.5) is 0 Å². The van der Waals surface area contributed by atoms with E-state index in [4.69, 9.17) is 0 Å². The SMILES string of the molecule is CN=C=NC([Si](C)(C)C)[Si](C)(C)C. The minimum Gasteiger partial charge on any atom is -0.229 e. The van der Waals surface area contributed by atoms with Gasteiger partial charge in [0.1, 0.15) is 0 Å². The fourth-order valence-electron chi connectivity index (χ4n) is 1.80. The molecule has 0 radical (unpaired) electrons. The maximum Gasteiger partial charge on any atom is 0.0886 e. The van der Waals surface area contributed by atoms with Crippen LogP contribution in [-0.2, 0) is 0 Å². The van der Waals surface area contributed by atoms with Crippen LogP contribution >= 0.6 is 0 Å². The van der Waals surface area contributed by atoms with Crippen molar-refractivity contribution >= 4 is 22.2 Å². The topological polar surface area (TPSA) is 24.7 Å². The second-order valence-electron chi connectivity index (χ2n) is 5.59. The number of hydrogen-bond acceptors (Lipinski definition) is 2. The maximum absolute atomic E-state index is 4.49. The van der Waals surface area contributed by atoms with Gasteiger partial charge in [-0.25, -0.2) is 9.98 Å². The molecular formula is C9H22N2Si2. The molecule has 0 saturated carbocycles. The Balaban J connectivity index is 4.89. The van der Waals surface area contributed by atoms with Gasteiger partial charge in [-0.15, -0.1) is 0 Å². The first kappa shape index (κ1) is 12.8. The molecule has 0 aromatic heterocycles. The molecule has 2 nitrogen and oxygen atoms in total. The molecule has 0 fully saturated rings. The normalized spacial score (nSPS) is 12.6. The Labute approximate surface area is 84.2 Å². The van der Waals surface area contributed by atoms with Gasteiger partial charge >= 0.3 is 0 Å². The van der Waals surface area contributed by atoms with Crippen LogP contribution in [0.1, 0.15) is 0 Å². The van der Waals surface area contributed by atoms with Gasteiger partial charge in [0, 0.05) is 12.3 Å². The highest BCUT2D eigenvalue weighted by molar-refractivity contribution is 6.96. The van der Waals surface area contributed by atoms with Crippen LogP contribution in [-0.4, -0.2) is 34.5 Å². The molecule has 0 atom stereocenters. The van der Waals surface area contributed by atoms with Crippen LogP contribution in [0.25, 0.3) is 0 Å². The molecule has 0 aromatic carbocycles. The van der Waals surface area contributed by atoms with E-state index in [2.05, 4.69) is 55.3 Å². The van der Waals surface area contributed by atoms with Gasteiger partial charge in [-0.2, -0.15) is 0 Å². The lowest BCUT2D eigenvalue weighted by molar-refractivity contribution is 1.12. The fourth-order valence-corrected chi connectivity index (χ4v) is 13.1. The maximum atomic E-state index is 4.49. The molecule has 0 unspecified atom stereocenters. The van der Waals surface area contributed by atoms with Crippen molar-refractivity contribution in [2.75, 3.05) is 7.05 Å². The average molecular weight is 214 g/mol. The molecular weight excluding hydrogens is 192 g/mol. The quantitative estimate of drug-likeness (QED) is 0.510. The summed E-state index contributed by atoms with van der Waals surface area (Å²) in [5.41, 5.74) is 0. The van der Waals surface area contributed by atoms with E-state index >= 15 is 0 Å². The lowest BCUT2D eigenvalue weighted by Crippen LogP contribution is -2.52. The summed E-state index contributed by atoms with van der Waals surface area (Å²) in [6, 6.07) is 2.78. The van der Waals surface area contributed by atoms with Crippen LogP contribution < -0.4 is 0 Å². The van der Waals surface area contributed by atoms with Crippen molar-refractivity contribution < 1.29 is 0 Å². The third-order valence-corrected chi connectivity index (χ3v) is 10.7. The second kappa shape index (κ2) is 4.35. The smallest absolute Gasteiger partial charge is 0.0886 e. The highest BCUT2D eigenvalue weighted by Gasteiger charge is 2.37. The van der Waals surface area contributed by atoms with Gasteiger partial charge in [0.25, 0.3) is 0 Å². The van der Waals surface area contributed by atoms with Gasteiger partial charge in [0.05, 0.1) is 22.2 Å². The average Bonchev–Trinajstić information content (AvgIpc) is 1.81. The van der Waals surface area contributed by atoms with Crippen LogP contribution in [0.15, 0.2) is 9.98 Å². The van der Waals surface area contributed by atoms with Gasteiger partial charge in [0.2, 0.25) is 0 Å². The zero-order valence-electron chi connectivity index (χ0n) is 9.97. The molecule has 76 valence electrons. The Morgan fingerprint density at radius 3 is 1.54 bits per heavy atom. The first-order valence-corrected chi connectivity index (χ1v) is 11.9. The van der Waals surface area contributed by atoms with Crippen molar-refractivity contribution in [1.29, 1.82) is 0 Å². The molecule has 0 aromatic rings. The van der Waals surface area contributed by atoms with Crippen molar-refractivity contribution in [1.82, 2.24) is 0 Å². The standard InChI is InChI=1S/C9H22N2Si2/c1-10-8-11-9(12(2,3)4)13(5,6)7/h9H,1-7H3. The Hall–Kier alpha value is -0.186. The number of hydrogen-bond donors (Lipinski definition) is 0. The van der Waals surface area contributed by atoms with Crippen LogP contribution in [0.2, 0.25) is 39.3 Å². The van der Waals surface area contributed by atoms with Gasteiger partial charge < -0.3 is 0 Å². The molecule has 0 aliphatic carbocycles. The van der Waals surface area contributed by atoms with E-state index in [1.165, 1.54) is 0 Å². The summed E-state index contributed by atoms with van der Waals surface area (Å²) < 4.78 is 0. The molecule has 0 aliphatic rings. The first-order valence-electron chi connectivity index (χ1n) is 4.73. The van der Waals surface area contributed by atoms with Crippen LogP contribution in [0.3, 0.4) is 0 Å². The van der Waals surface area contributed by atoms with Crippen LogP contribution in [0.5, 0.6) is 0 Å². The molecule has 0 aliphatic heterocycles. The Bertz CT molecular complexity index is 203. The summed E-state index contributed by atoms with van der Waals surface area (Å²) in [5, 5.41) is 0.531. The minimum absolute atomic E-state index is 0.531. The molecule has 4 heteroatoms. The van der Waals surface area contributed by atoms with Crippen molar-refractivity contribution in [3.8, 4) is 0 Å². The van der Waals surface area contributed by atoms with E-state index in [1.54, 1.807) is 7.05 Å². The second-order valence-corrected chi connectivity index (χ2v) is 16.7. The molecule has 0 spiro atoms. The molecule has 0 amide bonds. The van der Waals surface area contributed by atoms with E-state index in [-0.39, 0.29) is 0 Å². The Morgan fingerprint density at radius 1 is 0.923 bits per heavy atom. The van der Waals surface area contributed by atoms with Gasteiger partial charge in [-0.1, -0.05) is 39.3 Å². The summed E-state index contributed by atoms with van der Waals surface area (Å²) in [5.74, 6) is 0. The Morgan fingerprint density at radius 2 is 1.31 bits per heavy atom. The third-order valence-electron chi connectivity index (χ3n) is 1.93. The highest BCUT2D eigenvalue weighted by Crippen LogP contribution is 2.21. The largest absolute Gasteiger partial charge is 0.229 e. The summed E-state index contributed by atoms with van der Waals surface area (Å²) in [6.07, 6.45) is 0. The predicted molar refractivity (Wildman–Crippen MR) is 66.3 cm³/mol. The Kier molecular flexibility index (Phi) is 4.29. The van der Waals surface area contributed by atoms with Crippen LogP contribution in [0, 0.1) is 0 Å². The zero-order chi connectivity index (χ0) is 10.7. The zero-order valence-corrected chi connectivity index (χ0v) is 12.0. The summed E-state index contributed by atoms with van der Waals surface area (Å²) in [6.45, 7) is 14.2. The lowest BCUT2D eigenvalue weighted by atomic mass is 11.2. The van der Waals surface area contributed by atoms with Gasteiger partial charge in [-0.3, -0.25) is 0 Å². The van der Waals surface area contributed by atoms with Crippen molar-refractivity contribution in [3.05, 3.63) is 0 Å². The van der Waals surface area contributed by atoms with E-state index in [0.717, 1.165) is 0 Å². The molecule has 13 heavy (non-hydrogen) atoms. The number of aliphatic imine (C=N–C) groups is 2. The van der Waals surface area contributed by atoms with Gasteiger partial charge in [0.15, 0.2) is 0 Å². The monoisotopic (exact) mass is 214 g/mol. The van der Waals surface area contributed by atoms with Crippen molar-refractivity contribution in [3.63, 3.8) is 0 Å². The van der Waals surface area contributed by atoms with E-state index in [0.29, 0.717) is 5.29 Å². The summed E-state index contributed by atoms with van der Waals surface area (Å²) in [4.78, 5) is 8.32. The first-order chi connectivity index (χ1) is 5.69. The van der Waals surface area contributed by atoms with E-state index in [9.17, 15) is 0 Å². The fraction of sp³-hybridized carbons (Fsp3) is 0.889. The molecule has 0 N–H and O–H groups in total. The number of rotatable bonds is 3. The van der Waals surface area contributed by atoms with E-state index < -0.39 is 16.1 Å². The van der Waals surface area contributed by atoms with Crippen molar-refractivity contribution in [2.24, 2.45) is 9.98 Å². The van der Waals surface area contributed by atoms with E-state index in [1.807, 2.05) is 0 Å². The summed E-state index contributed by atoms with van der Waals surface area (Å²) in [7, 11) is -0.642. The minimum atomic E-state index is -1.19. The summed E-state index contributed by atoms with van der Waals surface area (Å²) >= 11 is 0. The lowest BCUT2D eigenvalue weighted by Gasteiger charge is -2.33. The molecule has 0 rings (SSSR count). The molecule has 0 saturated heterocycles. The predicted octanol–water partition coefficient (Wildman–Crippen LogP) is 2.91.